The van der Waals surface area contributed by atoms with Gasteiger partial charge in [0.05, 0.1) is 17.1 Å². The van der Waals surface area contributed by atoms with Crippen LogP contribution in [0.5, 0.6) is 0 Å². The number of ketones is 1. The van der Waals surface area contributed by atoms with Crippen molar-refractivity contribution < 1.29 is 14.3 Å². The van der Waals surface area contributed by atoms with Gasteiger partial charge in [-0.05, 0) is 38.8 Å². The molecule has 0 amide bonds. The second-order valence-corrected chi connectivity index (χ2v) is 7.85. The van der Waals surface area contributed by atoms with Gasteiger partial charge in [-0.2, -0.15) is 0 Å². The number of ether oxygens (including phenoxy) is 1. The number of thiazole rings is 1. The molecule has 3 aromatic rings. The van der Waals surface area contributed by atoms with Gasteiger partial charge >= 0.3 is 5.97 Å². The standard InChI is InChI=1S/C22H24N2O3S/c1-15-11-20(16(2)24(15)10-9-18-7-5-4-6-8-18)21(25)13-27-22(26)12-19-14-28-17(3)23-19/h4-8,11,14H,9-10,12-13H2,1-3H3. The zero-order valence-electron chi connectivity index (χ0n) is 16.4. The first-order valence-electron chi connectivity index (χ1n) is 9.24. The zero-order chi connectivity index (χ0) is 20.1. The summed E-state index contributed by atoms with van der Waals surface area (Å²) in [5.41, 5.74) is 4.49. The molecular weight excluding hydrogens is 372 g/mol. The van der Waals surface area contributed by atoms with Crippen LogP contribution >= 0.6 is 11.3 Å². The fourth-order valence-electron chi connectivity index (χ4n) is 3.23. The molecule has 2 aromatic heterocycles. The van der Waals surface area contributed by atoms with Crippen LogP contribution in [0.3, 0.4) is 0 Å². The van der Waals surface area contributed by atoms with Gasteiger partial charge in [0.1, 0.15) is 0 Å². The minimum atomic E-state index is -0.434. The molecule has 0 aliphatic rings. The Labute approximate surface area is 169 Å². The Hall–Kier alpha value is -2.73. The van der Waals surface area contributed by atoms with E-state index in [1.807, 2.05) is 50.4 Å². The molecule has 0 saturated carbocycles. The summed E-state index contributed by atoms with van der Waals surface area (Å²) in [6.45, 7) is 6.37. The smallest absolute Gasteiger partial charge is 0.312 e. The van der Waals surface area contributed by atoms with Crippen molar-refractivity contribution in [2.45, 2.75) is 40.2 Å². The van der Waals surface area contributed by atoms with E-state index in [0.717, 1.165) is 29.4 Å². The van der Waals surface area contributed by atoms with Crippen molar-refractivity contribution in [3.63, 3.8) is 0 Å². The number of nitrogens with zero attached hydrogens (tertiary/aromatic N) is 2. The van der Waals surface area contributed by atoms with E-state index in [0.29, 0.717) is 11.3 Å². The van der Waals surface area contributed by atoms with Crippen LogP contribution in [-0.4, -0.2) is 27.9 Å². The predicted molar refractivity (Wildman–Crippen MR) is 110 cm³/mol. The van der Waals surface area contributed by atoms with Crippen molar-refractivity contribution in [2.75, 3.05) is 6.61 Å². The fourth-order valence-corrected chi connectivity index (χ4v) is 3.84. The monoisotopic (exact) mass is 396 g/mol. The molecule has 0 aliphatic carbocycles. The van der Waals surface area contributed by atoms with Gasteiger partial charge in [-0.3, -0.25) is 9.59 Å². The molecule has 0 unspecified atom stereocenters. The van der Waals surface area contributed by atoms with E-state index in [-0.39, 0.29) is 18.8 Å². The normalized spacial score (nSPS) is 10.8. The predicted octanol–water partition coefficient (Wildman–Crippen LogP) is 4.08. The highest BCUT2D eigenvalue weighted by molar-refractivity contribution is 7.09. The van der Waals surface area contributed by atoms with Crippen LogP contribution in [0, 0.1) is 20.8 Å². The lowest BCUT2D eigenvalue weighted by molar-refractivity contribution is -0.141. The number of esters is 1. The lowest BCUT2D eigenvalue weighted by Gasteiger charge is -2.10. The third kappa shape index (κ3) is 4.95. The molecule has 0 N–H and O–H groups in total. The molecule has 6 heteroatoms. The highest BCUT2D eigenvalue weighted by Gasteiger charge is 2.18. The first-order chi connectivity index (χ1) is 13.4. The van der Waals surface area contributed by atoms with Crippen molar-refractivity contribution in [1.82, 2.24) is 9.55 Å². The number of carbonyl (C=O) groups is 2. The molecule has 2 heterocycles. The maximum atomic E-state index is 12.6. The van der Waals surface area contributed by atoms with Crippen LogP contribution in [0.2, 0.25) is 0 Å². The van der Waals surface area contributed by atoms with Gasteiger partial charge in [-0.15, -0.1) is 11.3 Å². The number of hydrogen-bond acceptors (Lipinski definition) is 5. The summed E-state index contributed by atoms with van der Waals surface area (Å²) in [6, 6.07) is 12.1. The van der Waals surface area contributed by atoms with E-state index in [1.54, 1.807) is 0 Å². The average Bonchev–Trinajstić information content (AvgIpc) is 3.21. The second kappa shape index (κ2) is 8.97. The Bertz CT molecular complexity index is 973. The van der Waals surface area contributed by atoms with Crippen LogP contribution in [0.4, 0.5) is 0 Å². The summed E-state index contributed by atoms with van der Waals surface area (Å²) < 4.78 is 7.31. The van der Waals surface area contributed by atoms with Crippen LogP contribution in [0.15, 0.2) is 41.8 Å². The summed E-state index contributed by atoms with van der Waals surface area (Å²) in [7, 11) is 0. The number of rotatable bonds is 8. The summed E-state index contributed by atoms with van der Waals surface area (Å²) in [4.78, 5) is 28.8. The molecule has 0 aliphatic heterocycles. The van der Waals surface area contributed by atoms with Crippen LogP contribution in [-0.2, 0) is 28.9 Å². The zero-order valence-corrected chi connectivity index (χ0v) is 17.2. The Morgan fingerprint density at radius 3 is 2.57 bits per heavy atom. The number of aryl methyl sites for hydroxylation is 3. The number of benzene rings is 1. The van der Waals surface area contributed by atoms with Gasteiger partial charge in [0, 0.05) is 28.9 Å². The van der Waals surface area contributed by atoms with Crippen molar-refractivity contribution in [3.05, 3.63) is 75.0 Å². The maximum Gasteiger partial charge on any atom is 0.312 e. The molecule has 28 heavy (non-hydrogen) atoms. The Kier molecular flexibility index (Phi) is 6.41. The minimum absolute atomic E-state index is 0.0910. The average molecular weight is 397 g/mol. The van der Waals surface area contributed by atoms with Gasteiger partial charge in [-0.25, -0.2) is 4.98 Å². The fraction of sp³-hybridized carbons (Fsp3) is 0.318. The first kappa shape index (κ1) is 20.0. The minimum Gasteiger partial charge on any atom is -0.457 e. The second-order valence-electron chi connectivity index (χ2n) is 6.79. The third-order valence-corrected chi connectivity index (χ3v) is 5.52. The van der Waals surface area contributed by atoms with E-state index in [4.69, 9.17) is 4.74 Å². The molecule has 1 aromatic carbocycles. The lowest BCUT2D eigenvalue weighted by atomic mass is 10.1. The summed E-state index contributed by atoms with van der Waals surface area (Å²) in [5, 5.41) is 2.74. The summed E-state index contributed by atoms with van der Waals surface area (Å²) in [5.74, 6) is -0.613. The van der Waals surface area contributed by atoms with E-state index in [1.165, 1.54) is 16.9 Å². The number of hydrogen-bond donors (Lipinski definition) is 0. The number of carbonyl (C=O) groups excluding carboxylic acids is 2. The van der Waals surface area contributed by atoms with Gasteiger partial charge in [0.15, 0.2) is 6.61 Å². The first-order valence-corrected chi connectivity index (χ1v) is 10.1. The molecule has 3 rings (SSSR count). The van der Waals surface area contributed by atoms with Gasteiger partial charge < -0.3 is 9.30 Å². The van der Waals surface area contributed by atoms with Gasteiger partial charge in [0.2, 0.25) is 5.78 Å². The summed E-state index contributed by atoms with van der Waals surface area (Å²) >= 11 is 1.49. The topological polar surface area (TPSA) is 61.2 Å². The van der Waals surface area contributed by atoms with Crippen molar-refractivity contribution in [1.29, 1.82) is 0 Å². The molecule has 0 spiro atoms. The quantitative estimate of drug-likeness (QED) is 0.425. The van der Waals surface area contributed by atoms with Gasteiger partial charge in [0.25, 0.3) is 0 Å². The highest BCUT2D eigenvalue weighted by Crippen LogP contribution is 2.17. The molecule has 0 atom stereocenters. The lowest BCUT2D eigenvalue weighted by Crippen LogP contribution is -2.16. The number of Topliss-reactive ketones (excluding diaryl/α,β-unsaturated/α-hetero) is 1. The Morgan fingerprint density at radius 1 is 1.14 bits per heavy atom. The SMILES string of the molecule is Cc1nc(CC(=O)OCC(=O)c2cc(C)n(CCc3ccccc3)c2C)cs1. The molecule has 0 fully saturated rings. The van der Waals surface area contributed by atoms with E-state index >= 15 is 0 Å². The van der Waals surface area contributed by atoms with E-state index < -0.39 is 5.97 Å². The number of aromatic nitrogens is 2. The van der Waals surface area contributed by atoms with Gasteiger partial charge in [-0.1, -0.05) is 30.3 Å². The van der Waals surface area contributed by atoms with Crippen LogP contribution in [0.1, 0.15) is 38.0 Å². The largest absolute Gasteiger partial charge is 0.457 e. The van der Waals surface area contributed by atoms with E-state index in [2.05, 4.69) is 21.7 Å². The molecule has 146 valence electrons. The van der Waals surface area contributed by atoms with Crippen LogP contribution < -0.4 is 0 Å². The van der Waals surface area contributed by atoms with Crippen molar-refractivity contribution >= 4 is 23.1 Å². The van der Waals surface area contributed by atoms with E-state index in [9.17, 15) is 9.59 Å². The highest BCUT2D eigenvalue weighted by atomic mass is 32.1. The van der Waals surface area contributed by atoms with Crippen molar-refractivity contribution in [2.24, 2.45) is 0 Å². The maximum absolute atomic E-state index is 12.6. The van der Waals surface area contributed by atoms with Crippen molar-refractivity contribution in [3.8, 4) is 0 Å². The molecule has 0 bridgehead atoms. The molecule has 5 nitrogen and oxygen atoms in total. The van der Waals surface area contributed by atoms with Crippen LogP contribution in [0.25, 0.3) is 0 Å². The Morgan fingerprint density at radius 2 is 1.89 bits per heavy atom. The molecule has 0 saturated heterocycles. The Balaban J connectivity index is 1.58. The molecular formula is C22H24N2O3S. The third-order valence-electron chi connectivity index (χ3n) is 4.70. The molecule has 0 radical (unpaired) electrons. The summed E-state index contributed by atoms with van der Waals surface area (Å²) in [6.07, 6.45) is 0.987.